The molecule has 1 aliphatic rings. The SMILES string of the molecule is COc1c(C)cc(S(=O)(=O)NCCNC(=O)c2ccc(NC(=O)C3CCCC3)cc2)c(C)c1C. The van der Waals surface area contributed by atoms with Gasteiger partial charge >= 0.3 is 0 Å². The van der Waals surface area contributed by atoms with Crippen molar-refractivity contribution in [2.45, 2.75) is 51.3 Å². The standard InChI is InChI=1S/C25H33N3O5S/c1-16-15-22(17(2)18(3)23(16)33-4)34(31,32)27-14-13-26-24(29)20-9-11-21(12-10-20)28-25(30)19-7-5-6-8-19/h9-12,15,19,27H,5-8,13-14H2,1-4H3,(H,26,29)(H,28,30). The highest BCUT2D eigenvalue weighted by Gasteiger charge is 2.23. The van der Waals surface area contributed by atoms with Crippen LogP contribution < -0.4 is 20.1 Å². The number of benzene rings is 2. The van der Waals surface area contributed by atoms with E-state index in [-0.39, 0.29) is 35.7 Å². The lowest BCUT2D eigenvalue weighted by Gasteiger charge is -2.16. The Morgan fingerprint density at radius 1 is 1.00 bits per heavy atom. The van der Waals surface area contributed by atoms with Crippen LogP contribution in [0.1, 0.15) is 52.7 Å². The summed E-state index contributed by atoms with van der Waals surface area (Å²) < 4.78 is 33.5. The molecule has 8 nitrogen and oxygen atoms in total. The summed E-state index contributed by atoms with van der Waals surface area (Å²) >= 11 is 0. The number of anilines is 1. The minimum absolute atomic E-state index is 0.0273. The smallest absolute Gasteiger partial charge is 0.251 e. The number of rotatable bonds is 9. The predicted molar refractivity (Wildman–Crippen MR) is 132 cm³/mol. The number of sulfonamides is 1. The van der Waals surface area contributed by atoms with Crippen LogP contribution in [0.2, 0.25) is 0 Å². The first kappa shape index (κ1) is 25.7. The average Bonchev–Trinajstić information content (AvgIpc) is 3.35. The molecule has 0 unspecified atom stereocenters. The van der Waals surface area contributed by atoms with Crippen molar-refractivity contribution in [1.82, 2.24) is 10.0 Å². The molecule has 2 amide bonds. The first-order valence-electron chi connectivity index (χ1n) is 11.5. The summed E-state index contributed by atoms with van der Waals surface area (Å²) in [4.78, 5) is 24.8. The number of hydrogen-bond donors (Lipinski definition) is 3. The van der Waals surface area contributed by atoms with Gasteiger partial charge in [0.25, 0.3) is 5.91 Å². The second kappa shape index (κ2) is 11.0. The fourth-order valence-corrected chi connectivity index (χ4v) is 5.71. The largest absolute Gasteiger partial charge is 0.496 e. The molecule has 0 saturated heterocycles. The second-order valence-corrected chi connectivity index (χ2v) is 10.4. The number of hydrogen-bond acceptors (Lipinski definition) is 5. The molecular weight excluding hydrogens is 454 g/mol. The maximum Gasteiger partial charge on any atom is 0.251 e. The third-order valence-corrected chi connectivity index (χ3v) is 7.90. The molecule has 184 valence electrons. The molecule has 2 aromatic carbocycles. The fraction of sp³-hybridized carbons (Fsp3) is 0.440. The van der Waals surface area contributed by atoms with Crippen LogP contribution in [0.4, 0.5) is 5.69 Å². The summed E-state index contributed by atoms with van der Waals surface area (Å²) in [6.45, 7) is 5.55. The van der Waals surface area contributed by atoms with E-state index in [1.165, 1.54) is 0 Å². The van der Waals surface area contributed by atoms with Gasteiger partial charge in [0.1, 0.15) is 5.75 Å². The molecule has 0 atom stereocenters. The number of methoxy groups -OCH3 is 1. The zero-order valence-corrected chi connectivity index (χ0v) is 21.0. The van der Waals surface area contributed by atoms with Gasteiger partial charge in [0.2, 0.25) is 15.9 Å². The zero-order valence-electron chi connectivity index (χ0n) is 20.2. The first-order chi connectivity index (χ1) is 16.1. The van der Waals surface area contributed by atoms with Crippen LogP contribution in [0, 0.1) is 26.7 Å². The van der Waals surface area contributed by atoms with Crippen molar-refractivity contribution in [3.63, 3.8) is 0 Å². The molecular formula is C25H33N3O5S. The fourth-order valence-electron chi connectivity index (χ4n) is 4.29. The van der Waals surface area contributed by atoms with Gasteiger partial charge in [-0.3, -0.25) is 9.59 Å². The Kier molecular flexibility index (Phi) is 8.33. The van der Waals surface area contributed by atoms with Crippen LogP contribution in [0.15, 0.2) is 35.2 Å². The van der Waals surface area contributed by atoms with E-state index >= 15 is 0 Å². The minimum Gasteiger partial charge on any atom is -0.496 e. The second-order valence-electron chi connectivity index (χ2n) is 8.68. The van der Waals surface area contributed by atoms with Crippen LogP contribution in [0.25, 0.3) is 0 Å². The van der Waals surface area contributed by atoms with Crippen LogP contribution in [-0.2, 0) is 14.8 Å². The quantitative estimate of drug-likeness (QED) is 0.469. The van der Waals surface area contributed by atoms with Gasteiger partial charge < -0.3 is 15.4 Å². The molecule has 2 aromatic rings. The molecule has 0 radical (unpaired) electrons. The van der Waals surface area contributed by atoms with E-state index in [0.29, 0.717) is 22.6 Å². The maximum atomic E-state index is 12.8. The Hall–Kier alpha value is -2.91. The van der Waals surface area contributed by atoms with Gasteiger partial charge in [-0.2, -0.15) is 0 Å². The highest BCUT2D eigenvalue weighted by Crippen LogP contribution is 2.30. The Balaban J connectivity index is 1.51. The lowest BCUT2D eigenvalue weighted by Crippen LogP contribution is -2.35. The lowest BCUT2D eigenvalue weighted by atomic mass is 10.1. The molecule has 1 fully saturated rings. The van der Waals surface area contributed by atoms with Gasteiger partial charge in [-0.15, -0.1) is 0 Å². The van der Waals surface area contributed by atoms with Crippen molar-refractivity contribution in [1.29, 1.82) is 0 Å². The third-order valence-electron chi connectivity index (χ3n) is 6.32. The van der Waals surface area contributed by atoms with Crippen LogP contribution >= 0.6 is 0 Å². The summed E-state index contributed by atoms with van der Waals surface area (Å²) in [6.07, 6.45) is 4.03. The number of amides is 2. The van der Waals surface area contributed by atoms with Crippen molar-refractivity contribution in [2.24, 2.45) is 5.92 Å². The van der Waals surface area contributed by atoms with E-state index in [0.717, 1.165) is 36.8 Å². The van der Waals surface area contributed by atoms with Gasteiger partial charge in [-0.05, 0) is 80.6 Å². The monoisotopic (exact) mass is 487 g/mol. The highest BCUT2D eigenvalue weighted by molar-refractivity contribution is 7.89. The van der Waals surface area contributed by atoms with Crippen molar-refractivity contribution in [3.05, 3.63) is 52.6 Å². The Bertz CT molecular complexity index is 1150. The number of aryl methyl sites for hydroxylation is 1. The summed E-state index contributed by atoms with van der Waals surface area (Å²) in [5.74, 6) is 0.453. The number of carbonyl (C=O) groups excluding carboxylic acids is 2. The van der Waals surface area contributed by atoms with Crippen LogP contribution in [0.3, 0.4) is 0 Å². The lowest BCUT2D eigenvalue weighted by molar-refractivity contribution is -0.119. The molecule has 0 spiro atoms. The predicted octanol–water partition coefficient (Wildman–Crippen LogP) is 3.46. The minimum atomic E-state index is -3.74. The van der Waals surface area contributed by atoms with Crippen molar-refractivity contribution in [3.8, 4) is 5.75 Å². The molecule has 0 heterocycles. The molecule has 0 bridgehead atoms. The molecule has 1 saturated carbocycles. The van der Waals surface area contributed by atoms with E-state index < -0.39 is 10.0 Å². The molecule has 3 rings (SSSR count). The van der Waals surface area contributed by atoms with Crippen LogP contribution in [0.5, 0.6) is 5.75 Å². The van der Waals surface area contributed by atoms with Gasteiger partial charge in [0, 0.05) is 30.3 Å². The number of ether oxygens (including phenoxy) is 1. The first-order valence-corrected chi connectivity index (χ1v) is 13.0. The molecule has 34 heavy (non-hydrogen) atoms. The van der Waals surface area contributed by atoms with Gasteiger partial charge in [0.15, 0.2) is 0 Å². The third kappa shape index (κ3) is 5.95. The van der Waals surface area contributed by atoms with E-state index in [1.807, 2.05) is 6.92 Å². The van der Waals surface area contributed by atoms with Crippen molar-refractivity contribution < 1.29 is 22.7 Å². The average molecular weight is 488 g/mol. The Labute approximate surface area is 201 Å². The Morgan fingerprint density at radius 2 is 1.65 bits per heavy atom. The van der Waals surface area contributed by atoms with Gasteiger partial charge in [-0.1, -0.05) is 12.8 Å². The molecule has 1 aliphatic carbocycles. The normalized spacial score (nSPS) is 14.1. The molecule has 0 aromatic heterocycles. The summed E-state index contributed by atoms with van der Waals surface area (Å²) in [6, 6.07) is 8.25. The van der Waals surface area contributed by atoms with E-state index in [2.05, 4.69) is 15.4 Å². The molecule has 0 aliphatic heterocycles. The van der Waals surface area contributed by atoms with Crippen molar-refractivity contribution in [2.75, 3.05) is 25.5 Å². The molecule has 3 N–H and O–H groups in total. The molecule has 9 heteroatoms. The van der Waals surface area contributed by atoms with Crippen LogP contribution in [-0.4, -0.2) is 40.4 Å². The number of nitrogens with one attached hydrogen (secondary N) is 3. The van der Waals surface area contributed by atoms with Gasteiger partial charge in [0.05, 0.1) is 12.0 Å². The summed E-state index contributed by atoms with van der Waals surface area (Å²) in [5.41, 5.74) is 3.22. The number of carbonyl (C=O) groups is 2. The van der Waals surface area contributed by atoms with E-state index in [1.54, 1.807) is 51.3 Å². The topological polar surface area (TPSA) is 114 Å². The van der Waals surface area contributed by atoms with E-state index in [9.17, 15) is 18.0 Å². The Morgan fingerprint density at radius 3 is 2.26 bits per heavy atom. The van der Waals surface area contributed by atoms with Gasteiger partial charge in [-0.25, -0.2) is 13.1 Å². The summed E-state index contributed by atoms with van der Waals surface area (Å²) in [7, 11) is -2.19. The highest BCUT2D eigenvalue weighted by atomic mass is 32.2. The maximum absolute atomic E-state index is 12.8. The van der Waals surface area contributed by atoms with Crippen molar-refractivity contribution >= 4 is 27.5 Å². The van der Waals surface area contributed by atoms with E-state index in [4.69, 9.17) is 4.74 Å². The summed E-state index contributed by atoms with van der Waals surface area (Å²) in [5, 5.41) is 5.61. The zero-order chi connectivity index (χ0) is 24.9.